The van der Waals surface area contributed by atoms with Gasteiger partial charge in [0.05, 0.1) is 24.5 Å². The van der Waals surface area contributed by atoms with Crippen LogP contribution in [0.25, 0.3) is 0 Å². The van der Waals surface area contributed by atoms with Gasteiger partial charge in [-0.25, -0.2) is 4.39 Å². The Morgan fingerprint density at radius 2 is 2.03 bits per heavy atom. The van der Waals surface area contributed by atoms with Crippen LogP contribution in [0.4, 0.5) is 16.0 Å². The van der Waals surface area contributed by atoms with Crippen molar-refractivity contribution in [3.8, 4) is 0 Å². The molecule has 0 atom stereocenters. The van der Waals surface area contributed by atoms with Crippen molar-refractivity contribution in [3.05, 3.63) is 29.6 Å². The summed E-state index contributed by atoms with van der Waals surface area (Å²) in [5, 5.41) is 11.8. The number of anilines is 2. The number of thioether (sulfide) groups is 1. The maximum absolute atomic E-state index is 14.3. The van der Waals surface area contributed by atoms with Gasteiger partial charge in [-0.15, -0.1) is 10.2 Å². The first-order valence-corrected chi connectivity index (χ1v) is 10.5. The number of ether oxygens (including phenoxy) is 1. The van der Waals surface area contributed by atoms with E-state index in [1.54, 1.807) is 0 Å². The lowest BCUT2D eigenvalue weighted by atomic mass is 10.1. The fourth-order valence-corrected chi connectivity index (χ4v) is 4.11. The van der Waals surface area contributed by atoms with Crippen molar-refractivity contribution < 1.29 is 18.7 Å². The third kappa shape index (κ3) is 4.59. The van der Waals surface area contributed by atoms with E-state index in [0.29, 0.717) is 30.1 Å². The summed E-state index contributed by atoms with van der Waals surface area (Å²) in [4.78, 5) is 25.8. The van der Waals surface area contributed by atoms with Gasteiger partial charge in [0.1, 0.15) is 5.82 Å². The molecular weight excluding hydrogens is 397 g/mol. The van der Waals surface area contributed by atoms with Gasteiger partial charge in [0.15, 0.2) is 10.9 Å². The minimum absolute atomic E-state index is 0.00232. The van der Waals surface area contributed by atoms with Gasteiger partial charge in [0, 0.05) is 31.7 Å². The molecule has 1 amide bonds. The molecular formula is C19H22FN5O3S. The van der Waals surface area contributed by atoms with Crippen LogP contribution in [0.5, 0.6) is 0 Å². The standard InChI is InChI=1S/C19H22FN5O3S/c1-12(26)21-13-2-5-15(16(20)10-13)17(27)11-29-19-23-22-18(25(19)14-3-4-14)24-6-8-28-9-7-24/h2,5,10,14H,3-4,6-9,11H2,1H3,(H,21,26). The van der Waals surface area contributed by atoms with Gasteiger partial charge in [0.25, 0.3) is 0 Å². The molecule has 29 heavy (non-hydrogen) atoms. The van der Waals surface area contributed by atoms with Crippen LogP contribution in [0, 0.1) is 5.82 Å². The minimum atomic E-state index is -0.653. The second kappa shape index (κ2) is 8.50. The van der Waals surface area contributed by atoms with Crippen LogP contribution in [0.2, 0.25) is 0 Å². The summed E-state index contributed by atoms with van der Waals surface area (Å²) in [5.74, 6) is -0.407. The topological polar surface area (TPSA) is 89.3 Å². The van der Waals surface area contributed by atoms with Crippen LogP contribution < -0.4 is 10.2 Å². The lowest BCUT2D eigenvalue weighted by molar-refractivity contribution is -0.114. The first-order valence-electron chi connectivity index (χ1n) is 9.53. The maximum atomic E-state index is 14.3. The molecule has 1 aromatic heterocycles. The van der Waals surface area contributed by atoms with E-state index in [4.69, 9.17) is 4.74 Å². The van der Waals surface area contributed by atoms with Crippen LogP contribution in [0.1, 0.15) is 36.2 Å². The summed E-state index contributed by atoms with van der Waals surface area (Å²) in [5.41, 5.74) is 0.320. The Kier molecular flexibility index (Phi) is 5.81. The van der Waals surface area contributed by atoms with Crippen LogP contribution in [0.3, 0.4) is 0 Å². The zero-order valence-electron chi connectivity index (χ0n) is 16.1. The monoisotopic (exact) mass is 419 g/mol. The van der Waals surface area contributed by atoms with Crippen LogP contribution in [-0.4, -0.2) is 58.5 Å². The third-order valence-electron chi connectivity index (χ3n) is 4.77. The molecule has 0 bridgehead atoms. The predicted molar refractivity (Wildman–Crippen MR) is 107 cm³/mol. The van der Waals surface area contributed by atoms with E-state index in [0.717, 1.165) is 37.9 Å². The Labute approximate surface area is 171 Å². The van der Waals surface area contributed by atoms with E-state index in [2.05, 4.69) is 25.0 Å². The number of benzene rings is 1. The molecule has 0 spiro atoms. The van der Waals surface area contributed by atoms with Crippen molar-refractivity contribution in [1.29, 1.82) is 0 Å². The van der Waals surface area contributed by atoms with Gasteiger partial charge in [-0.05, 0) is 31.0 Å². The number of amides is 1. The Morgan fingerprint density at radius 1 is 1.28 bits per heavy atom. The number of nitrogens with one attached hydrogen (secondary N) is 1. The summed E-state index contributed by atoms with van der Waals surface area (Å²) in [6.07, 6.45) is 2.13. The minimum Gasteiger partial charge on any atom is -0.378 e. The number of morpholine rings is 1. The molecule has 1 aliphatic carbocycles. The molecule has 154 valence electrons. The largest absolute Gasteiger partial charge is 0.378 e. The highest BCUT2D eigenvalue weighted by Gasteiger charge is 2.32. The van der Waals surface area contributed by atoms with E-state index < -0.39 is 5.82 Å². The van der Waals surface area contributed by atoms with E-state index in [1.165, 1.54) is 30.8 Å². The number of halogens is 1. The number of carbonyl (C=O) groups excluding carboxylic acids is 2. The molecule has 1 aromatic carbocycles. The van der Waals surface area contributed by atoms with Gasteiger partial charge in [-0.3, -0.25) is 14.2 Å². The molecule has 2 heterocycles. The molecule has 4 rings (SSSR count). The molecule has 0 radical (unpaired) electrons. The molecule has 1 N–H and O–H groups in total. The number of aromatic nitrogens is 3. The van der Waals surface area contributed by atoms with Crippen LogP contribution in [-0.2, 0) is 9.53 Å². The second-order valence-electron chi connectivity index (χ2n) is 7.07. The number of ketones is 1. The van der Waals surface area contributed by atoms with Crippen molar-refractivity contribution in [2.45, 2.75) is 31.0 Å². The molecule has 1 saturated heterocycles. The Hall–Kier alpha value is -2.46. The molecule has 10 heteroatoms. The highest BCUT2D eigenvalue weighted by molar-refractivity contribution is 7.99. The lowest BCUT2D eigenvalue weighted by Gasteiger charge is -2.27. The van der Waals surface area contributed by atoms with Gasteiger partial charge in [-0.2, -0.15) is 0 Å². The average Bonchev–Trinajstić information content (AvgIpc) is 3.45. The Balaban J connectivity index is 1.45. The quantitative estimate of drug-likeness (QED) is 0.545. The number of hydrogen-bond acceptors (Lipinski definition) is 7. The summed E-state index contributed by atoms with van der Waals surface area (Å²) in [6.45, 7) is 4.19. The summed E-state index contributed by atoms with van der Waals surface area (Å²) < 4.78 is 21.8. The molecule has 0 unspecified atom stereocenters. The van der Waals surface area contributed by atoms with Crippen molar-refractivity contribution in [1.82, 2.24) is 14.8 Å². The zero-order valence-corrected chi connectivity index (χ0v) is 16.9. The fraction of sp³-hybridized carbons (Fsp3) is 0.474. The summed E-state index contributed by atoms with van der Waals surface area (Å²) >= 11 is 1.27. The van der Waals surface area contributed by atoms with Crippen molar-refractivity contribution in [2.24, 2.45) is 0 Å². The molecule has 2 aliphatic rings. The number of nitrogens with zero attached hydrogens (tertiary/aromatic N) is 4. The van der Waals surface area contributed by atoms with Crippen molar-refractivity contribution >= 4 is 35.1 Å². The normalized spacial score (nSPS) is 16.7. The van der Waals surface area contributed by atoms with Gasteiger partial charge in [-0.1, -0.05) is 11.8 Å². The lowest BCUT2D eigenvalue weighted by Crippen LogP contribution is -2.38. The van der Waals surface area contributed by atoms with Gasteiger partial charge in [0.2, 0.25) is 11.9 Å². The number of hydrogen-bond donors (Lipinski definition) is 1. The second-order valence-corrected chi connectivity index (χ2v) is 8.01. The van der Waals surface area contributed by atoms with Crippen molar-refractivity contribution in [3.63, 3.8) is 0 Å². The molecule has 2 aromatic rings. The first-order chi connectivity index (χ1) is 14.0. The number of Topliss-reactive ketones (excluding diaryl/α,β-unsaturated/α-hetero) is 1. The van der Waals surface area contributed by atoms with E-state index in [9.17, 15) is 14.0 Å². The summed E-state index contributed by atoms with van der Waals surface area (Å²) in [6, 6.07) is 4.43. The third-order valence-corrected chi connectivity index (χ3v) is 5.72. The smallest absolute Gasteiger partial charge is 0.228 e. The molecule has 1 aliphatic heterocycles. The number of rotatable bonds is 7. The molecule has 2 fully saturated rings. The molecule has 1 saturated carbocycles. The summed E-state index contributed by atoms with van der Waals surface area (Å²) in [7, 11) is 0. The number of carbonyl (C=O) groups is 2. The average molecular weight is 419 g/mol. The highest BCUT2D eigenvalue weighted by atomic mass is 32.2. The van der Waals surface area contributed by atoms with E-state index >= 15 is 0 Å². The molecule has 8 nitrogen and oxygen atoms in total. The van der Waals surface area contributed by atoms with E-state index in [-0.39, 0.29) is 23.0 Å². The van der Waals surface area contributed by atoms with E-state index in [1.807, 2.05) is 0 Å². The predicted octanol–water partition coefficient (Wildman–Crippen LogP) is 2.52. The zero-order chi connectivity index (χ0) is 20.4. The van der Waals surface area contributed by atoms with Gasteiger partial charge < -0.3 is 15.0 Å². The van der Waals surface area contributed by atoms with Crippen LogP contribution in [0.15, 0.2) is 23.4 Å². The Bertz CT molecular complexity index is 925. The van der Waals surface area contributed by atoms with Crippen LogP contribution >= 0.6 is 11.8 Å². The first kappa shape index (κ1) is 19.8. The Morgan fingerprint density at radius 3 is 2.69 bits per heavy atom. The highest BCUT2D eigenvalue weighted by Crippen LogP contribution is 2.41. The SMILES string of the molecule is CC(=O)Nc1ccc(C(=O)CSc2nnc(N3CCOCC3)n2C2CC2)c(F)c1. The maximum Gasteiger partial charge on any atom is 0.228 e. The van der Waals surface area contributed by atoms with Crippen molar-refractivity contribution in [2.75, 3.05) is 42.3 Å². The fourth-order valence-electron chi connectivity index (χ4n) is 3.23. The van der Waals surface area contributed by atoms with Gasteiger partial charge >= 0.3 is 0 Å².